The first-order valence-corrected chi connectivity index (χ1v) is 23.2. The molecule has 0 radical (unpaired) electrons. The molecular weight excluding hydrogens is 896 g/mol. The third kappa shape index (κ3) is 13.4. The van der Waals surface area contributed by atoms with E-state index in [1.165, 1.54) is 44.6 Å². The van der Waals surface area contributed by atoms with Crippen LogP contribution in [0.1, 0.15) is 60.8 Å². The Bertz CT molecular complexity index is 2350. The summed E-state index contributed by atoms with van der Waals surface area (Å²) in [6.07, 6.45) is 4.77. The van der Waals surface area contributed by atoms with Crippen LogP contribution in [0, 0.1) is 20.2 Å². The van der Waals surface area contributed by atoms with Crippen LogP contribution < -0.4 is 10.6 Å². The minimum absolute atomic E-state index is 0. The van der Waals surface area contributed by atoms with Gasteiger partial charge in [0.15, 0.2) is 9.79 Å². The van der Waals surface area contributed by atoms with Crippen molar-refractivity contribution < 1.29 is 54.2 Å². The van der Waals surface area contributed by atoms with Crippen LogP contribution in [-0.4, -0.2) is 114 Å². The summed E-state index contributed by atoms with van der Waals surface area (Å²) >= 11 is 0. The van der Waals surface area contributed by atoms with Gasteiger partial charge >= 0.3 is 11.9 Å². The average Bonchev–Trinajstić information content (AvgIpc) is 4.03. The number of esters is 2. The van der Waals surface area contributed by atoms with Gasteiger partial charge < -0.3 is 20.1 Å². The van der Waals surface area contributed by atoms with Gasteiger partial charge in [-0.15, -0.1) is 0 Å². The number of nitrogens with zero attached hydrogens (tertiary/aromatic N) is 4. The quantitative estimate of drug-likeness (QED) is 0.128. The Morgan fingerprint density at radius 2 is 1.29 bits per heavy atom. The molecule has 3 aromatic carbocycles. The number of carbonyl (C=O) groups excluding carboxylic acids is 2. The van der Waals surface area contributed by atoms with Crippen molar-refractivity contribution in [3.63, 3.8) is 0 Å². The number of anilines is 1. The molecule has 0 amide bonds. The molecule has 0 bridgehead atoms. The molecule has 0 saturated carbocycles. The number of hydrogen-bond acceptors (Lipinski definition) is 16. The van der Waals surface area contributed by atoms with Crippen molar-refractivity contribution in [1.82, 2.24) is 13.9 Å². The molecule has 3 aromatic rings. The van der Waals surface area contributed by atoms with Crippen molar-refractivity contribution in [3.05, 3.63) is 93.0 Å². The SMILES string of the molecule is C.C.C.COC(=O)C1CCCN1.COC(=O)C1CCCN1S(=O)(=O)c1ccccc1[N+](=O)[O-].O=S1(=O)c2ccccc2NC[C@@H]2CCCN21.O=[N+]([O-])c1ccccc1S(=O)(=O)Cl. The highest BCUT2D eigenvalue weighted by molar-refractivity contribution is 8.13. The van der Waals surface area contributed by atoms with E-state index < -0.39 is 72.1 Å². The van der Waals surface area contributed by atoms with Gasteiger partial charge in [-0.1, -0.05) is 58.7 Å². The second-order valence-electron chi connectivity index (χ2n) is 13.1. The molecule has 0 spiro atoms. The first-order valence-electron chi connectivity index (χ1n) is 18.0. The molecule has 0 aromatic heterocycles. The van der Waals surface area contributed by atoms with Gasteiger partial charge in [0.2, 0.25) is 10.0 Å². The number of rotatable bonds is 7. The molecule has 3 atom stereocenters. The topological polar surface area (TPSA) is 272 Å². The summed E-state index contributed by atoms with van der Waals surface area (Å²) in [7, 11) is -3.89. The highest BCUT2D eigenvalue weighted by atomic mass is 35.7. The minimum atomic E-state index is -4.13. The van der Waals surface area contributed by atoms with Crippen LogP contribution in [0.25, 0.3) is 0 Å². The lowest BCUT2D eigenvalue weighted by Crippen LogP contribution is -2.41. The normalized spacial score (nSPS) is 19.8. The van der Waals surface area contributed by atoms with Gasteiger partial charge in [0.05, 0.1) is 29.8 Å². The number of nitro benzene ring substituents is 2. The lowest BCUT2D eigenvalue weighted by atomic mass is 10.2. The maximum atomic E-state index is 12.6. The molecule has 4 aliphatic heterocycles. The largest absolute Gasteiger partial charge is 0.468 e. The number of halogens is 1. The maximum absolute atomic E-state index is 12.6. The third-order valence-corrected chi connectivity index (χ3v) is 14.9. The molecule has 0 aliphatic carbocycles. The number of fused-ring (bicyclic) bond motifs is 2. The summed E-state index contributed by atoms with van der Waals surface area (Å²) in [6.45, 7) is 2.45. The van der Waals surface area contributed by atoms with Crippen LogP contribution in [-0.2, 0) is 48.2 Å². The number of para-hydroxylation sites is 3. The summed E-state index contributed by atoms with van der Waals surface area (Å²) in [5, 5.41) is 27.6. The number of carbonyl (C=O) groups is 2. The number of nitrogens with one attached hydrogen (secondary N) is 2. The van der Waals surface area contributed by atoms with Crippen LogP contribution in [0.5, 0.6) is 0 Å². The van der Waals surface area contributed by atoms with Crippen LogP contribution in [0.4, 0.5) is 17.1 Å². The van der Waals surface area contributed by atoms with Crippen molar-refractivity contribution in [3.8, 4) is 0 Å². The summed E-state index contributed by atoms with van der Waals surface area (Å²) < 4.78 is 83.4. The van der Waals surface area contributed by atoms with Crippen molar-refractivity contribution in [2.45, 2.75) is 93.6 Å². The lowest BCUT2D eigenvalue weighted by molar-refractivity contribution is -0.388. The molecule has 62 heavy (non-hydrogen) atoms. The number of methoxy groups -OCH3 is 2. The number of sulfonamides is 2. The van der Waals surface area contributed by atoms with E-state index >= 15 is 0 Å². The van der Waals surface area contributed by atoms with Crippen LogP contribution in [0.2, 0.25) is 0 Å². The second-order valence-corrected chi connectivity index (χ2v) is 19.4. The Hall–Kier alpha value is -4.78. The summed E-state index contributed by atoms with van der Waals surface area (Å²) in [5.41, 5.74) is -0.289. The van der Waals surface area contributed by atoms with Gasteiger partial charge in [-0.05, 0) is 69.3 Å². The Morgan fingerprint density at radius 1 is 0.758 bits per heavy atom. The molecular formula is C38H55ClN6O14S3. The van der Waals surface area contributed by atoms with Crippen molar-refractivity contribution >= 4 is 68.8 Å². The first-order chi connectivity index (χ1) is 27.9. The molecule has 24 heteroatoms. The number of ether oxygens (including phenoxy) is 2. The van der Waals surface area contributed by atoms with E-state index in [2.05, 4.69) is 20.1 Å². The van der Waals surface area contributed by atoms with E-state index in [1.54, 1.807) is 16.4 Å². The van der Waals surface area contributed by atoms with Crippen LogP contribution >= 0.6 is 10.7 Å². The molecule has 346 valence electrons. The molecule has 20 nitrogen and oxygen atoms in total. The fourth-order valence-corrected chi connectivity index (χ4v) is 11.4. The molecule has 3 fully saturated rings. The van der Waals surface area contributed by atoms with E-state index in [4.69, 9.17) is 10.7 Å². The van der Waals surface area contributed by atoms with Gasteiger partial charge in [-0.3, -0.25) is 29.8 Å². The molecule has 7 rings (SSSR count). The number of hydrogen-bond donors (Lipinski definition) is 2. The Balaban J connectivity index is 0.000000423. The molecule has 2 unspecified atom stereocenters. The zero-order valence-electron chi connectivity index (χ0n) is 31.8. The Kier molecular flexibility index (Phi) is 21.5. The number of nitro groups is 2. The van der Waals surface area contributed by atoms with Gasteiger partial charge in [0.25, 0.3) is 30.4 Å². The summed E-state index contributed by atoms with van der Waals surface area (Å²) in [6, 6.07) is 16.3. The zero-order chi connectivity index (χ0) is 43.5. The maximum Gasteiger partial charge on any atom is 0.324 e. The fourth-order valence-electron chi connectivity index (χ4n) is 6.72. The Morgan fingerprint density at radius 3 is 1.82 bits per heavy atom. The molecule has 4 heterocycles. The smallest absolute Gasteiger partial charge is 0.324 e. The minimum Gasteiger partial charge on any atom is -0.468 e. The van der Waals surface area contributed by atoms with Gasteiger partial charge in [-0.25, -0.2) is 25.3 Å². The molecule has 3 saturated heterocycles. The van der Waals surface area contributed by atoms with E-state index in [0.29, 0.717) is 24.3 Å². The lowest BCUT2D eigenvalue weighted by Gasteiger charge is -2.21. The highest BCUT2D eigenvalue weighted by Crippen LogP contribution is 2.34. The van der Waals surface area contributed by atoms with E-state index in [-0.39, 0.29) is 46.9 Å². The molecule has 4 aliphatic rings. The summed E-state index contributed by atoms with van der Waals surface area (Å²) in [5.74, 6) is -0.790. The summed E-state index contributed by atoms with van der Waals surface area (Å²) in [4.78, 5) is 41.7. The van der Waals surface area contributed by atoms with Gasteiger partial charge in [0.1, 0.15) is 17.0 Å². The number of benzene rings is 3. The van der Waals surface area contributed by atoms with E-state index in [1.807, 2.05) is 12.1 Å². The van der Waals surface area contributed by atoms with Crippen molar-refractivity contribution in [2.24, 2.45) is 0 Å². The zero-order valence-corrected chi connectivity index (χ0v) is 35.0. The third-order valence-electron chi connectivity index (χ3n) is 9.52. The highest BCUT2D eigenvalue weighted by Gasteiger charge is 2.42. The second kappa shape index (κ2) is 24.2. The standard InChI is InChI=1S/C12H14N2O6S.C11H14N2O2S.C6H4ClNO4S.C6H11NO2.3CH4/c1-20-12(15)10-6-4-8-13(10)21(18,19)11-7-3-2-5-9(11)14(16)17;14-16(15)11-6-2-1-5-10(11)12-8-9-4-3-7-13(9)16;7-13(11,12)6-4-2-1-3-5(6)8(9)10;1-9-6(8)5-3-2-4-7-5;;;/h2-3,5,7,10H,4,6,8H2,1H3;1-2,5-6,9,12H,3-4,7-8H2;1-4H;5,7H,2-4H2,1H3;3*1H4/t;9-;;;;;/m.0...../s1. The Labute approximate surface area is 367 Å². The molecule has 2 N–H and O–H groups in total. The van der Waals surface area contributed by atoms with Crippen LogP contribution in [0.15, 0.2) is 87.5 Å². The predicted molar refractivity (Wildman–Crippen MR) is 233 cm³/mol. The van der Waals surface area contributed by atoms with Crippen molar-refractivity contribution in [1.29, 1.82) is 0 Å². The first kappa shape index (κ1) is 55.2. The monoisotopic (exact) mass is 950 g/mol. The predicted octanol–water partition coefficient (Wildman–Crippen LogP) is 5.53. The fraction of sp³-hybridized carbons (Fsp3) is 0.474. The van der Waals surface area contributed by atoms with E-state index in [9.17, 15) is 55.1 Å². The van der Waals surface area contributed by atoms with Gasteiger partial charge in [-0.2, -0.15) is 8.61 Å². The average molecular weight is 952 g/mol. The van der Waals surface area contributed by atoms with Crippen molar-refractivity contribution in [2.75, 3.05) is 45.7 Å². The van der Waals surface area contributed by atoms with Gasteiger partial charge in [0, 0.05) is 48.5 Å². The van der Waals surface area contributed by atoms with E-state index in [0.717, 1.165) is 67.0 Å². The van der Waals surface area contributed by atoms with Crippen LogP contribution in [0.3, 0.4) is 0 Å².